The van der Waals surface area contributed by atoms with Crippen LogP contribution in [0.2, 0.25) is 0 Å². The Balaban J connectivity index is 2.15. The van der Waals surface area contributed by atoms with E-state index in [4.69, 9.17) is 5.41 Å². The minimum Gasteiger partial charge on any atom is -0.394 e. The number of amides is 1. The Labute approximate surface area is 145 Å². The van der Waals surface area contributed by atoms with Gasteiger partial charge in [-0.1, -0.05) is 12.1 Å². The molecule has 0 aliphatic carbocycles. The second-order valence-electron chi connectivity index (χ2n) is 6.36. The summed E-state index contributed by atoms with van der Waals surface area (Å²) < 4.78 is 14.1. The molecule has 0 atom stereocenters. The van der Waals surface area contributed by atoms with Crippen LogP contribution >= 0.6 is 0 Å². The first-order chi connectivity index (χ1) is 11.9. The van der Waals surface area contributed by atoms with Crippen molar-refractivity contribution >= 4 is 17.4 Å². The van der Waals surface area contributed by atoms with Crippen molar-refractivity contribution in [1.29, 1.82) is 5.41 Å². The van der Waals surface area contributed by atoms with Crippen molar-refractivity contribution in [3.05, 3.63) is 60.3 Å². The average Bonchev–Trinajstić information content (AvgIpc) is 2.79. The second-order valence-corrected chi connectivity index (χ2v) is 6.36. The summed E-state index contributed by atoms with van der Waals surface area (Å²) in [7, 11) is 1.72. The quantitative estimate of drug-likeness (QED) is 0.667. The van der Waals surface area contributed by atoms with Gasteiger partial charge in [-0.3, -0.25) is 20.1 Å². The van der Waals surface area contributed by atoms with Gasteiger partial charge in [0, 0.05) is 25.0 Å². The van der Waals surface area contributed by atoms with E-state index in [-0.39, 0.29) is 17.6 Å². The lowest BCUT2D eigenvalue weighted by Crippen LogP contribution is -2.39. The first-order valence-electron chi connectivity index (χ1n) is 7.89. The first kappa shape index (κ1) is 16.8. The molecule has 0 saturated carbocycles. The molecule has 6 heteroatoms. The number of hydrogen-bond acceptors (Lipinski definition) is 4. The van der Waals surface area contributed by atoms with Crippen molar-refractivity contribution in [1.82, 2.24) is 10.3 Å². The number of aromatic nitrogens is 1. The maximum Gasteiger partial charge on any atom is 0.242 e. The van der Waals surface area contributed by atoms with E-state index in [9.17, 15) is 9.18 Å². The summed E-state index contributed by atoms with van der Waals surface area (Å²) in [6.07, 6.45) is 5.95. The number of hydrogen-bond donors (Lipinski definition) is 2. The minimum absolute atomic E-state index is 0.0509. The lowest BCUT2D eigenvalue weighted by molar-refractivity contribution is -0.121. The molecule has 1 aliphatic heterocycles. The van der Waals surface area contributed by atoms with Crippen molar-refractivity contribution in [3.8, 4) is 11.1 Å². The van der Waals surface area contributed by atoms with Crippen LogP contribution in [0.15, 0.2) is 48.9 Å². The number of anilines is 1. The highest BCUT2D eigenvalue weighted by Gasteiger charge is 2.45. The Hall–Kier alpha value is -3.02. The molecule has 1 aromatic carbocycles. The van der Waals surface area contributed by atoms with Crippen LogP contribution < -0.4 is 10.2 Å². The third kappa shape index (κ3) is 2.69. The summed E-state index contributed by atoms with van der Waals surface area (Å²) in [5.41, 5.74) is 1.64. The molecule has 2 aromatic rings. The van der Waals surface area contributed by atoms with E-state index < -0.39 is 5.41 Å². The van der Waals surface area contributed by atoms with Crippen molar-refractivity contribution in [3.63, 3.8) is 0 Å². The Morgan fingerprint density at radius 1 is 1.36 bits per heavy atom. The lowest BCUT2D eigenvalue weighted by Gasteiger charge is -2.19. The van der Waals surface area contributed by atoms with E-state index in [1.807, 2.05) is 19.9 Å². The number of carbonyl (C=O) groups excluding carboxylic acids is 1. The van der Waals surface area contributed by atoms with E-state index in [2.05, 4.69) is 10.3 Å². The van der Waals surface area contributed by atoms with E-state index in [1.54, 1.807) is 25.4 Å². The van der Waals surface area contributed by atoms with Crippen LogP contribution in [0.4, 0.5) is 10.1 Å². The SMILES string of the molecule is CN/C=C\C(=N)N1C(=O)C(C)(C)c2ccc(-c3cnccc3F)cc21. The summed E-state index contributed by atoms with van der Waals surface area (Å²) in [5.74, 6) is -0.512. The lowest BCUT2D eigenvalue weighted by atomic mass is 9.85. The number of fused-ring (bicyclic) bond motifs is 1. The molecular formula is C19H19FN4O. The van der Waals surface area contributed by atoms with Gasteiger partial charge in [-0.05, 0) is 49.4 Å². The van der Waals surface area contributed by atoms with Gasteiger partial charge in [0.2, 0.25) is 5.91 Å². The summed E-state index contributed by atoms with van der Waals surface area (Å²) in [6.45, 7) is 3.65. The molecular weight excluding hydrogens is 319 g/mol. The maximum atomic E-state index is 14.1. The predicted molar refractivity (Wildman–Crippen MR) is 96.1 cm³/mol. The minimum atomic E-state index is -0.749. The zero-order valence-electron chi connectivity index (χ0n) is 14.3. The highest BCUT2D eigenvalue weighted by atomic mass is 19.1. The largest absolute Gasteiger partial charge is 0.394 e. The Morgan fingerprint density at radius 3 is 2.80 bits per heavy atom. The smallest absolute Gasteiger partial charge is 0.242 e. The fraction of sp³-hybridized carbons (Fsp3) is 0.211. The number of halogens is 1. The molecule has 0 bridgehead atoms. The zero-order chi connectivity index (χ0) is 18.2. The van der Waals surface area contributed by atoms with E-state index >= 15 is 0 Å². The molecule has 0 saturated heterocycles. The van der Waals surface area contributed by atoms with E-state index in [1.165, 1.54) is 29.4 Å². The molecule has 0 radical (unpaired) electrons. The first-order valence-corrected chi connectivity index (χ1v) is 7.89. The number of pyridine rings is 1. The molecule has 1 aromatic heterocycles. The van der Waals surface area contributed by atoms with Crippen molar-refractivity contribution in [2.24, 2.45) is 0 Å². The van der Waals surface area contributed by atoms with Crippen LogP contribution in [0.5, 0.6) is 0 Å². The Bertz CT molecular complexity index is 889. The van der Waals surface area contributed by atoms with Gasteiger partial charge in [0.1, 0.15) is 11.7 Å². The van der Waals surface area contributed by atoms with E-state index in [0.29, 0.717) is 16.8 Å². The third-order valence-electron chi connectivity index (χ3n) is 4.38. The standard InChI is InChI=1S/C19H19FN4O/c1-19(2)14-5-4-12(13-11-23-9-6-15(13)20)10-16(14)24(18(19)25)17(21)7-8-22-3/h4-11,21-22H,1-3H3/b8-7-,21-17?. The van der Waals surface area contributed by atoms with Gasteiger partial charge in [0.05, 0.1) is 11.1 Å². The molecule has 0 fully saturated rings. The molecule has 128 valence electrons. The molecule has 0 spiro atoms. The fourth-order valence-corrected chi connectivity index (χ4v) is 2.98. The molecule has 0 unspecified atom stereocenters. The van der Waals surface area contributed by atoms with Crippen molar-refractivity contribution < 1.29 is 9.18 Å². The summed E-state index contributed by atoms with van der Waals surface area (Å²) >= 11 is 0. The fourth-order valence-electron chi connectivity index (χ4n) is 2.98. The van der Waals surface area contributed by atoms with Crippen LogP contribution in [-0.2, 0) is 10.2 Å². The number of rotatable bonds is 3. The monoisotopic (exact) mass is 338 g/mol. The van der Waals surface area contributed by atoms with Crippen LogP contribution in [-0.4, -0.2) is 23.8 Å². The normalized spacial score (nSPS) is 15.5. The third-order valence-corrected chi connectivity index (χ3v) is 4.38. The van der Waals surface area contributed by atoms with Gasteiger partial charge in [0.25, 0.3) is 0 Å². The van der Waals surface area contributed by atoms with Crippen LogP contribution in [0.1, 0.15) is 19.4 Å². The number of nitrogens with zero attached hydrogens (tertiary/aromatic N) is 2. The van der Waals surface area contributed by atoms with Crippen molar-refractivity contribution in [2.45, 2.75) is 19.3 Å². The summed E-state index contributed by atoms with van der Waals surface area (Å²) in [5, 5.41) is 11.0. The molecule has 5 nitrogen and oxygen atoms in total. The van der Waals surface area contributed by atoms with Crippen molar-refractivity contribution in [2.75, 3.05) is 11.9 Å². The molecule has 25 heavy (non-hydrogen) atoms. The van der Waals surface area contributed by atoms with Gasteiger partial charge in [-0.2, -0.15) is 0 Å². The number of benzene rings is 1. The summed E-state index contributed by atoms with van der Waals surface area (Å²) in [4.78, 5) is 18.2. The molecule has 3 rings (SSSR count). The van der Waals surface area contributed by atoms with Gasteiger partial charge in [-0.15, -0.1) is 0 Å². The number of amidine groups is 1. The molecule has 1 amide bonds. The highest BCUT2D eigenvalue weighted by Crippen LogP contribution is 2.43. The number of carbonyl (C=O) groups is 1. The highest BCUT2D eigenvalue weighted by molar-refractivity contribution is 6.26. The Morgan fingerprint density at radius 2 is 2.12 bits per heavy atom. The van der Waals surface area contributed by atoms with E-state index in [0.717, 1.165) is 5.56 Å². The van der Waals surface area contributed by atoms with Crippen LogP contribution in [0, 0.1) is 11.2 Å². The predicted octanol–water partition coefficient (Wildman–Crippen LogP) is 3.22. The zero-order valence-corrected chi connectivity index (χ0v) is 14.3. The van der Waals surface area contributed by atoms with Crippen LogP contribution in [0.3, 0.4) is 0 Å². The molecule has 1 aliphatic rings. The molecule has 2 heterocycles. The number of nitrogens with one attached hydrogen (secondary N) is 2. The topological polar surface area (TPSA) is 69.1 Å². The van der Waals surface area contributed by atoms with Gasteiger partial charge in [-0.25, -0.2) is 4.39 Å². The average molecular weight is 338 g/mol. The van der Waals surface area contributed by atoms with Gasteiger partial charge >= 0.3 is 0 Å². The van der Waals surface area contributed by atoms with Gasteiger partial charge in [0.15, 0.2) is 0 Å². The second kappa shape index (κ2) is 6.12. The van der Waals surface area contributed by atoms with Gasteiger partial charge < -0.3 is 5.32 Å². The van der Waals surface area contributed by atoms with Crippen LogP contribution in [0.25, 0.3) is 11.1 Å². The molecule has 2 N–H and O–H groups in total. The Kier molecular flexibility index (Phi) is 4.12. The summed E-state index contributed by atoms with van der Waals surface area (Å²) in [6, 6.07) is 6.64. The maximum absolute atomic E-state index is 14.1.